The first-order valence-electron chi connectivity index (χ1n) is 7.48. The summed E-state index contributed by atoms with van der Waals surface area (Å²) >= 11 is 0. The lowest BCUT2D eigenvalue weighted by atomic mass is 10.0. The predicted octanol–water partition coefficient (Wildman–Crippen LogP) is 1.56. The number of pyridine rings is 1. The zero-order valence-corrected chi connectivity index (χ0v) is 13.2. The summed E-state index contributed by atoms with van der Waals surface area (Å²) in [5.74, 6) is 2.98. The number of carbonyl (C=O) groups excluding carboxylic acids is 1. The van der Waals surface area contributed by atoms with Crippen LogP contribution in [-0.4, -0.2) is 30.2 Å². The number of nitrogens with one attached hydrogen (secondary N) is 1. The minimum absolute atomic E-state index is 0.110. The maximum Gasteiger partial charge on any atom is 0.221 e. The van der Waals surface area contributed by atoms with Gasteiger partial charge in [-0.1, -0.05) is 6.07 Å². The van der Waals surface area contributed by atoms with E-state index in [0.29, 0.717) is 25.3 Å². The minimum Gasteiger partial charge on any atom is -0.481 e. The van der Waals surface area contributed by atoms with Gasteiger partial charge in [0.2, 0.25) is 11.8 Å². The molecule has 7 nitrogen and oxygen atoms in total. The number of hydrogen-bond donors (Lipinski definition) is 2. The standard InChI is InChI=1S/C16H21N5O2/c1-3-4-7-16(20-21-16)8-9-18-14(22)10-13(17)12-5-6-15(23-2)19-11-12/h1,5-6,11,13H,4,7-10,17H2,2H3,(H,18,22). The Morgan fingerprint density at radius 3 is 2.83 bits per heavy atom. The van der Waals surface area contributed by atoms with Gasteiger partial charge >= 0.3 is 0 Å². The zero-order chi connectivity index (χ0) is 16.7. The highest BCUT2D eigenvalue weighted by atomic mass is 16.5. The molecule has 1 amide bonds. The normalized spacial score (nSPS) is 15.5. The molecule has 0 spiro atoms. The molecular weight excluding hydrogens is 294 g/mol. The number of carbonyl (C=O) groups is 1. The van der Waals surface area contributed by atoms with E-state index in [9.17, 15) is 4.79 Å². The first-order chi connectivity index (χ1) is 11.1. The number of nitrogens with two attached hydrogens (primary N) is 1. The van der Waals surface area contributed by atoms with Crippen molar-refractivity contribution in [1.82, 2.24) is 10.3 Å². The van der Waals surface area contributed by atoms with E-state index in [1.54, 1.807) is 25.4 Å². The van der Waals surface area contributed by atoms with Crippen molar-refractivity contribution in [3.8, 4) is 18.2 Å². The highest BCUT2D eigenvalue weighted by Gasteiger charge is 2.38. The molecular formula is C16H21N5O2. The molecule has 0 aliphatic carbocycles. The molecule has 2 rings (SSSR count). The summed E-state index contributed by atoms with van der Waals surface area (Å²) in [6, 6.07) is 3.12. The number of methoxy groups -OCH3 is 1. The van der Waals surface area contributed by atoms with Crippen LogP contribution in [0.4, 0.5) is 0 Å². The Kier molecular flexibility index (Phi) is 5.66. The fourth-order valence-corrected chi connectivity index (χ4v) is 2.19. The van der Waals surface area contributed by atoms with E-state index in [0.717, 1.165) is 12.0 Å². The van der Waals surface area contributed by atoms with Gasteiger partial charge in [-0.2, -0.15) is 10.2 Å². The molecule has 1 unspecified atom stereocenters. The smallest absolute Gasteiger partial charge is 0.221 e. The zero-order valence-electron chi connectivity index (χ0n) is 13.2. The van der Waals surface area contributed by atoms with Crippen molar-refractivity contribution in [2.24, 2.45) is 16.0 Å². The van der Waals surface area contributed by atoms with E-state index >= 15 is 0 Å². The molecule has 1 aliphatic rings. The second-order valence-corrected chi connectivity index (χ2v) is 5.43. The number of terminal acetylenes is 1. The largest absolute Gasteiger partial charge is 0.481 e. The van der Waals surface area contributed by atoms with Gasteiger partial charge in [-0.05, 0) is 5.56 Å². The summed E-state index contributed by atoms with van der Waals surface area (Å²) in [5, 5.41) is 10.9. The van der Waals surface area contributed by atoms with Crippen molar-refractivity contribution >= 4 is 5.91 Å². The molecule has 122 valence electrons. The molecule has 3 N–H and O–H groups in total. The van der Waals surface area contributed by atoms with Crippen LogP contribution in [0.1, 0.15) is 37.3 Å². The van der Waals surface area contributed by atoms with Crippen molar-refractivity contribution in [2.45, 2.75) is 37.4 Å². The molecule has 0 bridgehead atoms. The average molecular weight is 315 g/mol. The number of rotatable bonds is 9. The lowest BCUT2D eigenvalue weighted by molar-refractivity contribution is -0.121. The maximum absolute atomic E-state index is 11.9. The SMILES string of the molecule is C#CCCC1(CCNC(=O)CC(N)c2ccc(OC)nc2)N=N1. The van der Waals surface area contributed by atoms with Crippen molar-refractivity contribution < 1.29 is 9.53 Å². The summed E-state index contributed by atoms with van der Waals surface area (Å²) in [6.45, 7) is 0.504. The van der Waals surface area contributed by atoms with Crippen LogP contribution in [0.25, 0.3) is 0 Å². The average Bonchev–Trinajstić information content (AvgIpc) is 3.33. The minimum atomic E-state index is -0.404. The van der Waals surface area contributed by atoms with Crippen LogP contribution < -0.4 is 15.8 Å². The summed E-state index contributed by atoms with van der Waals surface area (Å²) in [7, 11) is 1.55. The Morgan fingerprint density at radius 1 is 1.48 bits per heavy atom. The molecule has 0 saturated heterocycles. The quantitative estimate of drug-likeness (QED) is 0.675. The molecule has 0 radical (unpaired) electrons. The Labute approximate surface area is 135 Å². The van der Waals surface area contributed by atoms with Crippen LogP contribution in [0.15, 0.2) is 28.6 Å². The van der Waals surface area contributed by atoms with Gasteiger partial charge in [0.05, 0.1) is 7.11 Å². The molecule has 1 aliphatic heterocycles. The summed E-state index contributed by atoms with van der Waals surface area (Å²) in [4.78, 5) is 16.0. The van der Waals surface area contributed by atoms with Crippen LogP contribution in [0.2, 0.25) is 0 Å². The van der Waals surface area contributed by atoms with Crippen molar-refractivity contribution in [3.05, 3.63) is 23.9 Å². The van der Waals surface area contributed by atoms with Crippen molar-refractivity contribution in [3.63, 3.8) is 0 Å². The molecule has 7 heteroatoms. The number of hydrogen-bond acceptors (Lipinski definition) is 6. The Hall–Kier alpha value is -2.46. The molecule has 1 atom stereocenters. The van der Waals surface area contributed by atoms with Gasteiger partial charge in [-0.15, -0.1) is 12.3 Å². The number of ether oxygens (including phenoxy) is 1. The third kappa shape index (κ3) is 5.04. The molecule has 0 saturated carbocycles. The third-order valence-electron chi connectivity index (χ3n) is 3.70. The highest BCUT2D eigenvalue weighted by Crippen LogP contribution is 2.36. The van der Waals surface area contributed by atoms with Crippen LogP contribution >= 0.6 is 0 Å². The lowest BCUT2D eigenvalue weighted by Crippen LogP contribution is -2.30. The van der Waals surface area contributed by atoms with Gasteiger partial charge in [0.25, 0.3) is 0 Å². The molecule has 2 heterocycles. The summed E-state index contributed by atoms with van der Waals surface area (Å²) < 4.78 is 4.99. The maximum atomic E-state index is 11.9. The predicted molar refractivity (Wildman–Crippen MR) is 85.6 cm³/mol. The van der Waals surface area contributed by atoms with Crippen LogP contribution in [-0.2, 0) is 4.79 Å². The fourth-order valence-electron chi connectivity index (χ4n) is 2.19. The second-order valence-electron chi connectivity index (χ2n) is 5.43. The summed E-state index contributed by atoms with van der Waals surface area (Å²) in [6.07, 6.45) is 9.09. The molecule has 0 fully saturated rings. The van der Waals surface area contributed by atoms with Gasteiger partial charge < -0.3 is 15.8 Å². The van der Waals surface area contributed by atoms with E-state index < -0.39 is 6.04 Å². The molecule has 23 heavy (non-hydrogen) atoms. The topological polar surface area (TPSA) is 102 Å². The first-order valence-corrected chi connectivity index (χ1v) is 7.48. The van der Waals surface area contributed by atoms with Gasteiger partial charge in [-0.25, -0.2) is 4.98 Å². The Morgan fingerprint density at radius 2 is 2.26 bits per heavy atom. The van der Waals surface area contributed by atoms with Gasteiger partial charge in [0, 0.05) is 50.5 Å². The highest BCUT2D eigenvalue weighted by molar-refractivity contribution is 5.76. The summed E-state index contributed by atoms with van der Waals surface area (Å²) in [5.41, 5.74) is 6.44. The lowest BCUT2D eigenvalue weighted by Gasteiger charge is -2.13. The van der Waals surface area contributed by atoms with Crippen LogP contribution in [0, 0.1) is 12.3 Å². The number of aromatic nitrogens is 1. The number of nitrogens with zero attached hydrogens (tertiary/aromatic N) is 3. The Bertz CT molecular complexity index is 600. The van der Waals surface area contributed by atoms with Crippen molar-refractivity contribution in [1.29, 1.82) is 0 Å². The van der Waals surface area contributed by atoms with Crippen LogP contribution in [0.3, 0.4) is 0 Å². The molecule has 0 aromatic carbocycles. The second kappa shape index (κ2) is 7.70. The van der Waals surface area contributed by atoms with E-state index in [4.69, 9.17) is 16.9 Å². The van der Waals surface area contributed by atoms with E-state index in [1.165, 1.54) is 0 Å². The Balaban J connectivity index is 1.71. The monoisotopic (exact) mass is 315 g/mol. The van der Waals surface area contributed by atoms with Crippen molar-refractivity contribution in [2.75, 3.05) is 13.7 Å². The third-order valence-corrected chi connectivity index (χ3v) is 3.70. The van der Waals surface area contributed by atoms with Gasteiger partial charge in [-0.3, -0.25) is 4.79 Å². The van der Waals surface area contributed by atoms with Gasteiger partial charge in [0.15, 0.2) is 5.66 Å². The molecule has 1 aromatic rings. The van der Waals surface area contributed by atoms with E-state index in [-0.39, 0.29) is 18.0 Å². The van der Waals surface area contributed by atoms with E-state index in [2.05, 4.69) is 26.4 Å². The van der Waals surface area contributed by atoms with Gasteiger partial charge in [0.1, 0.15) is 0 Å². The van der Waals surface area contributed by atoms with E-state index in [1.807, 2.05) is 0 Å². The van der Waals surface area contributed by atoms with Crippen LogP contribution in [0.5, 0.6) is 5.88 Å². The molecule has 1 aromatic heterocycles. The fraction of sp³-hybridized carbons (Fsp3) is 0.500. The first kappa shape index (κ1) is 16.9. The number of amides is 1.